The van der Waals surface area contributed by atoms with Gasteiger partial charge in [-0.1, -0.05) is 17.3 Å². The molecule has 46 heavy (non-hydrogen) atoms. The molecular weight excluding hydrogens is 610 g/mol. The van der Waals surface area contributed by atoms with Gasteiger partial charge in [-0.05, 0) is 35.9 Å². The summed E-state index contributed by atoms with van der Waals surface area (Å²) in [5, 5.41) is 15.8. The third-order valence-electron chi connectivity index (χ3n) is 6.91. The zero-order chi connectivity index (χ0) is 33.5. The molecule has 248 valence electrons. The molecule has 4 rings (SSSR count). The van der Waals surface area contributed by atoms with Crippen LogP contribution in [0.2, 0.25) is 0 Å². The maximum atomic E-state index is 12.2. The van der Waals surface area contributed by atoms with E-state index in [0.717, 1.165) is 27.7 Å². The molecular formula is C31H35NO14. The Kier molecular flexibility index (Phi) is 11.0. The van der Waals surface area contributed by atoms with Gasteiger partial charge < -0.3 is 47.8 Å². The van der Waals surface area contributed by atoms with Gasteiger partial charge in [-0.25, -0.2) is 0 Å². The summed E-state index contributed by atoms with van der Waals surface area (Å²) in [6.45, 7) is 4.02. The molecule has 2 aromatic rings. The standard InChI is InChI=1S/C31H35NO14/c1-15(33)40-14-24-28(41-16(2)34)29(42-17(3)35)30(43-18(4)36)31(45-24)46-32-25-22-13-21(39-6)10-11-23(22)44-27(26(25)37)19-8-7-9-20(12-19)38-5/h7-13,24,26-31,37H,14H2,1-6H3/b32-25+/t24-,26+,27-,28-,29+,30-,31+/m1/s1. The minimum atomic E-state index is -1.62. The third kappa shape index (κ3) is 8.03. The number of fused-ring (bicyclic) bond motifs is 1. The van der Waals surface area contributed by atoms with Crippen LogP contribution in [0.25, 0.3) is 0 Å². The van der Waals surface area contributed by atoms with Gasteiger partial charge in [-0.15, -0.1) is 0 Å². The zero-order valence-electron chi connectivity index (χ0n) is 26.0. The highest BCUT2D eigenvalue weighted by molar-refractivity contribution is 6.07. The van der Waals surface area contributed by atoms with Gasteiger partial charge in [0, 0.05) is 33.3 Å². The van der Waals surface area contributed by atoms with Crippen molar-refractivity contribution in [2.24, 2.45) is 5.16 Å². The average Bonchev–Trinajstić information content (AvgIpc) is 3.01. The van der Waals surface area contributed by atoms with E-state index in [1.165, 1.54) is 14.2 Å². The predicted octanol–water partition coefficient (Wildman–Crippen LogP) is 2.00. The average molecular weight is 646 g/mol. The summed E-state index contributed by atoms with van der Waals surface area (Å²) in [6.07, 6.45) is -9.64. The van der Waals surface area contributed by atoms with Gasteiger partial charge in [0.1, 0.15) is 41.8 Å². The van der Waals surface area contributed by atoms with Crippen LogP contribution in [0.3, 0.4) is 0 Å². The monoisotopic (exact) mass is 645 g/mol. The zero-order valence-corrected chi connectivity index (χ0v) is 26.0. The first kappa shape index (κ1) is 34.0. The molecule has 0 aliphatic carbocycles. The number of benzene rings is 2. The van der Waals surface area contributed by atoms with E-state index in [9.17, 15) is 24.3 Å². The number of carbonyl (C=O) groups is 4. The number of esters is 4. The van der Waals surface area contributed by atoms with Crippen molar-refractivity contribution in [1.29, 1.82) is 0 Å². The van der Waals surface area contributed by atoms with Crippen molar-refractivity contribution in [3.05, 3.63) is 53.6 Å². The van der Waals surface area contributed by atoms with Crippen LogP contribution >= 0.6 is 0 Å². The van der Waals surface area contributed by atoms with E-state index in [0.29, 0.717) is 28.4 Å². The molecule has 2 heterocycles. The largest absolute Gasteiger partial charge is 0.497 e. The van der Waals surface area contributed by atoms with E-state index in [4.69, 9.17) is 42.7 Å². The van der Waals surface area contributed by atoms with Crippen LogP contribution in [0.15, 0.2) is 47.6 Å². The summed E-state index contributed by atoms with van der Waals surface area (Å²) < 4.78 is 44.2. The van der Waals surface area contributed by atoms with Gasteiger partial charge in [-0.3, -0.25) is 19.2 Å². The predicted molar refractivity (Wildman–Crippen MR) is 155 cm³/mol. The summed E-state index contributed by atoms with van der Waals surface area (Å²) in [7, 11) is 2.97. The lowest BCUT2D eigenvalue weighted by Gasteiger charge is -2.43. The molecule has 15 nitrogen and oxygen atoms in total. The molecule has 0 amide bonds. The first-order chi connectivity index (χ1) is 21.9. The summed E-state index contributed by atoms with van der Waals surface area (Å²) in [6, 6.07) is 11.8. The maximum absolute atomic E-state index is 12.2. The van der Waals surface area contributed by atoms with E-state index >= 15 is 0 Å². The highest BCUT2D eigenvalue weighted by Gasteiger charge is 2.54. The fraction of sp³-hybridized carbons (Fsp3) is 0.452. The van der Waals surface area contributed by atoms with Crippen LogP contribution in [-0.4, -0.2) is 92.3 Å². The highest BCUT2D eigenvalue weighted by Crippen LogP contribution is 2.39. The maximum Gasteiger partial charge on any atom is 0.303 e. The molecule has 0 aromatic heterocycles. The number of nitrogens with zero attached hydrogens (tertiary/aromatic N) is 1. The SMILES string of the molecule is COc1cccc([C@H]2Oc3ccc(OC)cc3/C(=N\O[C@@H]3O[C@H](COC(C)=O)[C@@H](OC(C)=O)[C@H](OC(C)=O)[C@H]3OC(C)=O)[C@@H]2O)c1. The number of rotatable bonds is 10. The summed E-state index contributed by atoms with van der Waals surface area (Å²) in [5.41, 5.74) is 0.866. The topological polar surface area (TPSA) is 184 Å². The molecule has 1 saturated heterocycles. The quantitative estimate of drug-likeness (QED) is 0.225. The number of aliphatic hydroxyl groups is 1. The Morgan fingerprint density at radius 2 is 1.43 bits per heavy atom. The molecule has 1 fully saturated rings. The Morgan fingerprint density at radius 1 is 0.804 bits per heavy atom. The number of ether oxygens (including phenoxy) is 8. The molecule has 1 N–H and O–H groups in total. The van der Waals surface area contributed by atoms with Gasteiger partial charge in [0.25, 0.3) is 6.29 Å². The fourth-order valence-corrected chi connectivity index (χ4v) is 5.00. The van der Waals surface area contributed by atoms with Gasteiger partial charge >= 0.3 is 23.9 Å². The minimum absolute atomic E-state index is 0.0131. The van der Waals surface area contributed by atoms with Crippen molar-refractivity contribution in [2.75, 3.05) is 20.8 Å². The molecule has 0 unspecified atom stereocenters. The second-order valence-electron chi connectivity index (χ2n) is 10.3. The molecule has 0 spiro atoms. The van der Waals surface area contributed by atoms with Crippen molar-refractivity contribution in [2.45, 2.75) is 70.6 Å². The number of carbonyl (C=O) groups excluding carboxylic acids is 4. The van der Waals surface area contributed by atoms with Gasteiger partial charge in [0.05, 0.1) is 14.2 Å². The van der Waals surface area contributed by atoms with Crippen molar-refractivity contribution < 1.29 is 67.0 Å². The summed E-state index contributed by atoms with van der Waals surface area (Å²) in [4.78, 5) is 53.8. The Bertz CT molecular complexity index is 1470. The fourth-order valence-electron chi connectivity index (χ4n) is 5.00. The Balaban J connectivity index is 1.78. The first-order valence-corrected chi connectivity index (χ1v) is 14.1. The normalized spacial score (nSPS) is 26.1. The van der Waals surface area contributed by atoms with Crippen LogP contribution in [0.4, 0.5) is 0 Å². The van der Waals surface area contributed by atoms with Gasteiger partial charge in [-0.2, -0.15) is 0 Å². The second-order valence-corrected chi connectivity index (χ2v) is 10.3. The van der Waals surface area contributed by atoms with Crippen LogP contribution in [-0.2, 0) is 47.7 Å². The molecule has 2 aliphatic heterocycles. The smallest absolute Gasteiger partial charge is 0.303 e. The van der Waals surface area contributed by atoms with Crippen LogP contribution in [0, 0.1) is 0 Å². The number of hydrogen-bond donors (Lipinski definition) is 1. The highest BCUT2D eigenvalue weighted by atomic mass is 16.8. The number of oxime groups is 1. The molecule has 0 bridgehead atoms. The van der Waals surface area contributed by atoms with Gasteiger partial charge in [0.15, 0.2) is 18.3 Å². The van der Waals surface area contributed by atoms with E-state index in [2.05, 4.69) is 5.16 Å². The lowest BCUT2D eigenvalue weighted by atomic mass is 9.92. The minimum Gasteiger partial charge on any atom is -0.497 e. The Morgan fingerprint density at radius 3 is 2.07 bits per heavy atom. The molecule has 0 saturated carbocycles. The van der Waals surface area contributed by atoms with E-state index in [1.54, 1.807) is 42.5 Å². The summed E-state index contributed by atoms with van der Waals surface area (Å²) >= 11 is 0. The lowest BCUT2D eigenvalue weighted by Crippen LogP contribution is -2.62. The van der Waals surface area contributed by atoms with Crippen molar-refractivity contribution >= 4 is 29.6 Å². The second kappa shape index (κ2) is 14.9. The third-order valence-corrected chi connectivity index (χ3v) is 6.91. The lowest BCUT2D eigenvalue weighted by molar-refractivity contribution is -0.308. The Labute approximate surface area is 264 Å². The van der Waals surface area contributed by atoms with Crippen LogP contribution in [0.1, 0.15) is 44.9 Å². The number of hydrogen-bond acceptors (Lipinski definition) is 15. The number of methoxy groups -OCH3 is 2. The van der Waals surface area contributed by atoms with Crippen LogP contribution < -0.4 is 14.2 Å². The van der Waals surface area contributed by atoms with E-state index < -0.39 is 73.4 Å². The Hall–Kier alpha value is -4.89. The first-order valence-electron chi connectivity index (χ1n) is 14.1. The van der Waals surface area contributed by atoms with Crippen LogP contribution in [0.5, 0.6) is 17.2 Å². The molecule has 2 aromatic carbocycles. The molecule has 0 radical (unpaired) electrons. The summed E-state index contributed by atoms with van der Waals surface area (Å²) in [5.74, 6) is -1.78. The van der Waals surface area contributed by atoms with E-state index in [1.807, 2.05) is 0 Å². The molecule has 2 aliphatic rings. The van der Waals surface area contributed by atoms with Gasteiger partial charge in [0.2, 0.25) is 6.10 Å². The molecule has 7 atom stereocenters. The number of aliphatic hydroxyl groups excluding tert-OH is 1. The van der Waals surface area contributed by atoms with Crippen molar-refractivity contribution in [1.82, 2.24) is 0 Å². The van der Waals surface area contributed by atoms with E-state index in [-0.39, 0.29) is 5.71 Å². The van der Waals surface area contributed by atoms with Crippen molar-refractivity contribution in [3.8, 4) is 17.2 Å². The molecule has 15 heteroatoms. The van der Waals surface area contributed by atoms with Crippen molar-refractivity contribution in [3.63, 3.8) is 0 Å².